The molecule has 1 aliphatic rings. The van der Waals surface area contributed by atoms with Crippen molar-refractivity contribution in [3.63, 3.8) is 0 Å². The zero-order valence-corrected chi connectivity index (χ0v) is 11.6. The number of carbonyl (C=O) groups excluding carboxylic acids is 1. The number of carbonyl (C=O) groups is 1. The molecule has 2 heteroatoms. The first-order chi connectivity index (χ1) is 9.56. The third kappa shape index (κ3) is 2.03. The number of rotatable bonds is 1. The van der Waals surface area contributed by atoms with Gasteiger partial charge in [-0.2, -0.15) is 0 Å². The highest BCUT2D eigenvalue weighted by molar-refractivity contribution is 6.05. The second kappa shape index (κ2) is 4.64. The number of aryl methyl sites for hydroxylation is 2. The van der Waals surface area contributed by atoms with E-state index in [0.717, 1.165) is 22.3 Å². The molecule has 0 fully saturated rings. The van der Waals surface area contributed by atoms with Crippen molar-refractivity contribution in [1.82, 2.24) is 0 Å². The highest BCUT2D eigenvalue weighted by atomic mass is 16.3. The van der Waals surface area contributed by atoms with Crippen molar-refractivity contribution < 1.29 is 9.90 Å². The maximum atomic E-state index is 12.3. The minimum Gasteiger partial charge on any atom is -0.507 e. The zero-order chi connectivity index (χ0) is 14.3. The maximum absolute atomic E-state index is 12.3. The number of hydrogen-bond acceptors (Lipinski definition) is 2. The first-order valence-electron chi connectivity index (χ1n) is 6.68. The molecule has 0 radical (unpaired) electrons. The van der Waals surface area contributed by atoms with Gasteiger partial charge >= 0.3 is 0 Å². The molecule has 2 aromatic carbocycles. The van der Waals surface area contributed by atoms with E-state index in [1.807, 2.05) is 56.3 Å². The van der Waals surface area contributed by atoms with Crippen LogP contribution in [0.4, 0.5) is 0 Å². The number of fused-ring (bicyclic) bond motifs is 1. The summed E-state index contributed by atoms with van der Waals surface area (Å²) in [6, 6.07) is 13.8. The first-order valence-corrected chi connectivity index (χ1v) is 6.68. The maximum Gasteiger partial charge on any atom is 0.171 e. The number of allylic oxidation sites excluding steroid dienone is 1. The predicted molar refractivity (Wildman–Crippen MR) is 79.8 cm³/mol. The molecule has 20 heavy (non-hydrogen) atoms. The molecule has 1 aliphatic carbocycles. The van der Waals surface area contributed by atoms with E-state index in [1.54, 1.807) is 0 Å². The smallest absolute Gasteiger partial charge is 0.171 e. The molecule has 1 unspecified atom stereocenters. The molecule has 0 saturated heterocycles. The van der Waals surface area contributed by atoms with Crippen LogP contribution in [0.5, 0.6) is 0 Å². The van der Waals surface area contributed by atoms with E-state index in [0.29, 0.717) is 0 Å². The third-order valence-corrected chi connectivity index (χ3v) is 3.77. The lowest BCUT2D eigenvalue weighted by molar-refractivity contribution is -0.115. The highest BCUT2D eigenvalue weighted by Gasteiger charge is 2.29. The van der Waals surface area contributed by atoms with Crippen molar-refractivity contribution in [1.29, 1.82) is 0 Å². The number of aliphatic hydroxyl groups excluding tert-OH is 1. The Bertz CT molecular complexity index is 709. The molecular weight excluding hydrogens is 248 g/mol. The summed E-state index contributed by atoms with van der Waals surface area (Å²) in [5, 5.41) is 10.0. The van der Waals surface area contributed by atoms with Gasteiger partial charge in [-0.1, -0.05) is 47.5 Å². The second-order valence-electron chi connectivity index (χ2n) is 5.37. The van der Waals surface area contributed by atoms with Crippen molar-refractivity contribution in [2.45, 2.75) is 19.8 Å². The Morgan fingerprint density at radius 3 is 2.30 bits per heavy atom. The average Bonchev–Trinajstić information content (AvgIpc) is 2.41. The topological polar surface area (TPSA) is 37.3 Å². The molecule has 1 atom stereocenters. The van der Waals surface area contributed by atoms with Crippen molar-refractivity contribution in [2.24, 2.45) is 0 Å². The standard InChI is InChI=1S/C18H16O2/c1-11-3-6-13(7-4-11)18-14-8-5-12(2)9-15(14)16(19)10-17(18)20/h3-10,18-19H,1-2H3. The van der Waals surface area contributed by atoms with Gasteiger partial charge in [0.25, 0.3) is 0 Å². The molecule has 0 amide bonds. The lowest BCUT2D eigenvalue weighted by Crippen LogP contribution is -2.18. The van der Waals surface area contributed by atoms with Gasteiger partial charge in [0, 0.05) is 11.6 Å². The lowest BCUT2D eigenvalue weighted by atomic mass is 9.80. The summed E-state index contributed by atoms with van der Waals surface area (Å²) in [5.41, 5.74) is 4.84. The van der Waals surface area contributed by atoms with Crippen molar-refractivity contribution in [2.75, 3.05) is 0 Å². The van der Waals surface area contributed by atoms with Gasteiger partial charge in [-0.05, 0) is 31.0 Å². The summed E-state index contributed by atoms with van der Waals surface area (Å²) in [4.78, 5) is 12.3. The van der Waals surface area contributed by atoms with Crippen LogP contribution in [0, 0.1) is 13.8 Å². The van der Waals surface area contributed by atoms with Crippen LogP contribution in [0.3, 0.4) is 0 Å². The van der Waals surface area contributed by atoms with Gasteiger partial charge < -0.3 is 5.11 Å². The van der Waals surface area contributed by atoms with Crippen LogP contribution in [0.2, 0.25) is 0 Å². The van der Waals surface area contributed by atoms with E-state index < -0.39 is 0 Å². The molecule has 0 aromatic heterocycles. The Labute approximate surface area is 118 Å². The van der Waals surface area contributed by atoms with Gasteiger partial charge in [-0.3, -0.25) is 4.79 Å². The van der Waals surface area contributed by atoms with Crippen LogP contribution >= 0.6 is 0 Å². The third-order valence-electron chi connectivity index (χ3n) is 3.77. The summed E-state index contributed by atoms with van der Waals surface area (Å²) < 4.78 is 0. The minimum absolute atomic E-state index is 0.0667. The van der Waals surface area contributed by atoms with Gasteiger partial charge in [0.1, 0.15) is 5.76 Å². The SMILES string of the molecule is Cc1ccc(C2C(=O)C=C(O)c3cc(C)ccc32)cc1. The monoisotopic (exact) mass is 264 g/mol. The molecule has 100 valence electrons. The molecule has 2 aromatic rings. The molecule has 0 heterocycles. The van der Waals surface area contributed by atoms with Crippen LogP contribution in [0.15, 0.2) is 48.5 Å². The zero-order valence-electron chi connectivity index (χ0n) is 11.6. The molecule has 0 saturated carbocycles. The predicted octanol–water partition coefficient (Wildman–Crippen LogP) is 3.92. The van der Waals surface area contributed by atoms with E-state index in [-0.39, 0.29) is 17.5 Å². The molecule has 3 rings (SSSR count). The molecule has 1 N–H and O–H groups in total. The van der Waals surface area contributed by atoms with Crippen molar-refractivity contribution in [3.8, 4) is 0 Å². The van der Waals surface area contributed by atoms with Gasteiger partial charge in [-0.25, -0.2) is 0 Å². The molecule has 0 spiro atoms. The van der Waals surface area contributed by atoms with Crippen LogP contribution in [0.1, 0.15) is 33.7 Å². The van der Waals surface area contributed by atoms with Crippen LogP contribution in [0.25, 0.3) is 5.76 Å². The van der Waals surface area contributed by atoms with Gasteiger partial charge in [0.05, 0.1) is 5.92 Å². The largest absolute Gasteiger partial charge is 0.507 e. The van der Waals surface area contributed by atoms with E-state index in [4.69, 9.17) is 0 Å². The van der Waals surface area contributed by atoms with Crippen LogP contribution in [-0.2, 0) is 4.79 Å². The number of hydrogen-bond donors (Lipinski definition) is 1. The van der Waals surface area contributed by atoms with Gasteiger partial charge in [0.15, 0.2) is 5.78 Å². The fraction of sp³-hybridized carbons (Fsp3) is 0.167. The van der Waals surface area contributed by atoms with E-state index in [1.165, 1.54) is 11.6 Å². The van der Waals surface area contributed by atoms with Gasteiger partial charge in [0.2, 0.25) is 0 Å². The fourth-order valence-corrected chi connectivity index (χ4v) is 2.70. The van der Waals surface area contributed by atoms with Crippen molar-refractivity contribution >= 4 is 11.5 Å². The summed E-state index contributed by atoms with van der Waals surface area (Å²) in [7, 11) is 0. The van der Waals surface area contributed by atoms with E-state index in [2.05, 4.69) is 0 Å². The highest BCUT2D eigenvalue weighted by Crippen LogP contribution is 2.36. The second-order valence-corrected chi connectivity index (χ2v) is 5.37. The average molecular weight is 264 g/mol. The fourth-order valence-electron chi connectivity index (χ4n) is 2.70. The summed E-state index contributed by atoms with van der Waals surface area (Å²) in [6.45, 7) is 4.00. The van der Waals surface area contributed by atoms with Crippen LogP contribution < -0.4 is 0 Å². The quantitative estimate of drug-likeness (QED) is 0.847. The Morgan fingerprint density at radius 2 is 1.60 bits per heavy atom. The Morgan fingerprint density at radius 1 is 0.950 bits per heavy atom. The number of benzene rings is 2. The summed E-state index contributed by atoms with van der Waals surface area (Å²) in [5.74, 6) is -0.318. The summed E-state index contributed by atoms with van der Waals surface area (Å²) in [6.07, 6.45) is 1.34. The summed E-state index contributed by atoms with van der Waals surface area (Å²) >= 11 is 0. The molecule has 0 bridgehead atoms. The Hall–Kier alpha value is -2.35. The lowest BCUT2D eigenvalue weighted by Gasteiger charge is -2.23. The Kier molecular flexibility index (Phi) is 2.94. The van der Waals surface area contributed by atoms with E-state index >= 15 is 0 Å². The van der Waals surface area contributed by atoms with Crippen LogP contribution in [-0.4, -0.2) is 10.9 Å². The molecule has 0 aliphatic heterocycles. The first kappa shape index (κ1) is 12.7. The van der Waals surface area contributed by atoms with Crippen molar-refractivity contribution in [3.05, 3.63) is 76.4 Å². The normalized spacial score (nSPS) is 17.6. The molecular formula is C18H16O2. The Balaban J connectivity index is 2.17. The number of aliphatic hydroxyl groups is 1. The minimum atomic E-state index is -0.318. The van der Waals surface area contributed by atoms with Gasteiger partial charge in [-0.15, -0.1) is 0 Å². The van der Waals surface area contributed by atoms with E-state index in [9.17, 15) is 9.90 Å². The molecule has 2 nitrogen and oxygen atoms in total. The number of ketones is 1.